The van der Waals surface area contributed by atoms with Gasteiger partial charge in [0.2, 0.25) is 23.6 Å². The Labute approximate surface area is 306 Å². The van der Waals surface area contributed by atoms with Gasteiger partial charge in [0, 0.05) is 19.5 Å². The summed E-state index contributed by atoms with van der Waals surface area (Å²) >= 11 is 0. The van der Waals surface area contributed by atoms with Crippen molar-refractivity contribution in [2.45, 2.75) is 62.7 Å². The number of aliphatic imine (C=N–C) groups is 3. The third-order valence-electron chi connectivity index (χ3n) is 8.52. The molecule has 1 aliphatic heterocycles. The second-order valence-corrected chi connectivity index (χ2v) is 12.7. The minimum absolute atomic E-state index is 0.0252. The van der Waals surface area contributed by atoms with Crippen LogP contribution in [0.3, 0.4) is 0 Å². The first-order chi connectivity index (χ1) is 25.4. The molecule has 4 amide bonds. The molecule has 0 saturated carbocycles. The van der Waals surface area contributed by atoms with Crippen molar-refractivity contribution in [2.24, 2.45) is 43.6 Å². The van der Waals surface area contributed by atoms with Gasteiger partial charge in [0.15, 0.2) is 11.9 Å². The molecule has 17 heteroatoms. The van der Waals surface area contributed by atoms with E-state index in [1.165, 1.54) is 12.1 Å². The Bertz CT molecular complexity index is 1840. The predicted octanol–water partition coefficient (Wildman–Crippen LogP) is -1.25. The van der Waals surface area contributed by atoms with Crippen molar-refractivity contribution in [3.8, 4) is 5.75 Å². The molecular weight excluding hydrogens is 680 g/mol. The maximum atomic E-state index is 14.0. The number of aromatic hydroxyl groups is 1. The van der Waals surface area contributed by atoms with Crippen LogP contribution in [0.1, 0.15) is 36.8 Å². The highest BCUT2D eigenvalue weighted by atomic mass is 16.3. The maximum Gasteiger partial charge on any atom is 0.243 e. The van der Waals surface area contributed by atoms with Gasteiger partial charge in [-0.15, -0.1) is 0 Å². The van der Waals surface area contributed by atoms with Crippen molar-refractivity contribution in [3.63, 3.8) is 0 Å². The smallest absolute Gasteiger partial charge is 0.243 e. The molecule has 3 aromatic carbocycles. The summed E-state index contributed by atoms with van der Waals surface area (Å²) in [5.41, 5.74) is 29.9. The predicted molar refractivity (Wildman–Crippen MR) is 203 cm³/mol. The zero-order valence-corrected chi connectivity index (χ0v) is 29.3. The molecule has 0 aliphatic carbocycles. The van der Waals surface area contributed by atoms with Gasteiger partial charge in [0.05, 0.1) is 6.04 Å². The Morgan fingerprint density at radius 2 is 1.17 bits per heavy atom. The van der Waals surface area contributed by atoms with E-state index in [-0.39, 0.29) is 62.3 Å². The van der Waals surface area contributed by atoms with E-state index in [1.807, 2.05) is 42.5 Å². The monoisotopic (exact) mass is 728 g/mol. The number of carbonyl (C=O) groups is 4. The summed E-state index contributed by atoms with van der Waals surface area (Å²) in [6.45, 7) is -0.0843. The number of phenols is 1. The van der Waals surface area contributed by atoms with Crippen LogP contribution in [0.15, 0.2) is 81.7 Å². The number of nitrogens with zero attached hydrogens (tertiary/aromatic N) is 3. The van der Waals surface area contributed by atoms with Gasteiger partial charge in [-0.3, -0.25) is 34.2 Å². The fraction of sp³-hybridized carbons (Fsp3) is 0.361. The molecule has 1 aliphatic rings. The summed E-state index contributed by atoms with van der Waals surface area (Å²) in [5, 5.41) is 22.9. The zero-order chi connectivity index (χ0) is 38.3. The Kier molecular flexibility index (Phi) is 14.3. The first-order valence-corrected chi connectivity index (χ1v) is 17.2. The first-order valence-electron chi connectivity index (χ1n) is 17.2. The van der Waals surface area contributed by atoms with E-state index >= 15 is 0 Å². The van der Waals surface area contributed by atoms with Gasteiger partial charge in [-0.2, -0.15) is 0 Å². The van der Waals surface area contributed by atoms with Gasteiger partial charge in [0.1, 0.15) is 36.3 Å². The molecule has 0 spiro atoms. The van der Waals surface area contributed by atoms with Crippen LogP contribution in [0.2, 0.25) is 0 Å². The average molecular weight is 729 g/mol. The van der Waals surface area contributed by atoms with Gasteiger partial charge in [-0.05, 0) is 66.1 Å². The molecule has 0 bridgehead atoms. The van der Waals surface area contributed by atoms with Crippen LogP contribution in [0, 0.1) is 0 Å². The van der Waals surface area contributed by atoms with Crippen LogP contribution in [0.25, 0.3) is 10.8 Å². The Balaban J connectivity index is 1.70. The molecule has 17 nitrogen and oxygen atoms in total. The summed E-state index contributed by atoms with van der Waals surface area (Å²) in [7, 11) is 0. The number of amides is 4. The first kappa shape index (κ1) is 39.4. The zero-order valence-electron chi connectivity index (χ0n) is 29.3. The number of nitrogens with two attached hydrogens (primary N) is 5. The highest BCUT2D eigenvalue weighted by Gasteiger charge is 2.31. The van der Waals surface area contributed by atoms with E-state index in [0.29, 0.717) is 18.4 Å². The fourth-order valence-electron chi connectivity index (χ4n) is 5.78. The van der Waals surface area contributed by atoms with Crippen LogP contribution in [0.5, 0.6) is 5.75 Å². The quantitative estimate of drug-likeness (QED) is 0.0600. The summed E-state index contributed by atoms with van der Waals surface area (Å²) in [5.74, 6) is -2.75. The van der Waals surface area contributed by atoms with Gasteiger partial charge >= 0.3 is 0 Å². The number of fused-ring (bicyclic) bond motifs is 1. The number of hydrogen-bond donors (Lipinski definition) is 10. The number of carbonyl (C=O) groups excluding carboxylic acids is 4. The van der Waals surface area contributed by atoms with Crippen molar-refractivity contribution in [1.82, 2.24) is 21.3 Å². The van der Waals surface area contributed by atoms with E-state index in [1.54, 1.807) is 12.1 Å². The van der Waals surface area contributed by atoms with Gasteiger partial charge in [0.25, 0.3) is 0 Å². The summed E-state index contributed by atoms with van der Waals surface area (Å²) < 4.78 is 0. The van der Waals surface area contributed by atoms with Crippen molar-refractivity contribution in [3.05, 3.63) is 77.9 Å². The Hall–Kier alpha value is -6.39. The van der Waals surface area contributed by atoms with E-state index in [9.17, 15) is 24.3 Å². The molecule has 282 valence electrons. The van der Waals surface area contributed by atoms with Crippen LogP contribution in [-0.4, -0.2) is 90.3 Å². The largest absolute Gasteiger partial charge is 0.508 e. The lowest BCUT2D eigenvalue weighted by atomic mass is 10.00. The van der Waals surface area contributed by atoms with Crippen molar-refractivity contribution in [2.75, 3.05) is 19.6 Å². The molecule has 4 rings (SSSR count). The van der Waals surface area contributed by atoms with Crippen LogP contribution < -0.4 is 49.9 Å². The lowest BCUT2D eigenvalue weighted by Gasteiger charge is -2.26. The number of hydrogen-bond acceptors (Lipinski definition) is 9. The van der Waals surface area contributed by atoms with Gasteiger partial charge in [-0.25, -0.2) is 0 Å². The van der Waals surface area contributed by atoms with E-state index in [0.717, 1.165) is 16.3 Å². The number of nitrogens with one attached hydrogen (secondary N) is 4. The SMILES string of the molecule is NC(N)=NCCC[C@@H]1NC(=O)[C@H](Cc2ccc(O)cc2)NC(=O)CN=C(N)[C@H](Cc2ccc3ccccc3c2)NC(=O)[C@H](CCCN=C(N)N)NC1=O. The Morgan fingerprint density at radius 1 is 0.660 bits per heavy atom. The lowest BCUT2D eigenvalue weighted by molar-refractivity contribution is -0.133. The number of amidine groups is 1. The topological polar surface area (TPSA) is 304 Å². The Morgan fingerprint density at radius 3 is 1.75 bits per heavy atom. The molecule has 15 N–H and O–H groups in total. The van der Waals surface area contributed by atoms with Crippen LogP contribution in [0.4, 0.5) is 0 Å². The second-order valence-electron chi connectivity index (χ2n) is 12.7. The third kappa shape index (κ3) is 12.7. The van der Waals surface area contributed by atoms with Crippen molar-refractivity contribution >= 4 is 52.2 Å². The number of guanidine groups is 2. The van der Waals surface area contributed by atoms with E-state index < -0.39 is 54.3 Å². The van der Waals surface area contributed by atoms with Crippen LogP contribution in [-0.2, 0) is 32.0 Å². The third-order valence-corrected chi connectivity index (χ3v) is 8.52. The van der Waals surface area contributed by atoms with E-state index in [4.69, 9.17) is 28.7 Å². The highest BCUT2D eigenvalue weighted by Crippen LogP contribution is 2.17. The molecule has 1 heterocycles. The maximum absolute atomic E-state index is 14.0. The fourth-order valence-corrected chi connectivity index (χ4v) is 5.78. The van der Waals surface area contributed by atoms with Crippen molar-refractivity contribution in [1.29, 1.82) is 0 Å². The molecule has 0 fully saturated rings. The van der Waals surface area contributed by atoms with Crippen molar-refractivity contribution < 1.29 is 24.3 Å². The standard InChI is InChI=1S/C36H48N12O5/c37-31-28(19-22-9-12-23-5-1-2-6-24(23)17-22)48-33(52)27(8-4-16-43-36(40)41)46-32(51)26(7-3-15-42-35(38)39)47-34(53)29(45-30(50)20-44-31)18-21-10-13-25(49)14-11-21/h1-2,5-6,9-14,17,26-29,49H,3-4,7-8,15-16,18-20H2,(H2,37,44)(H,45,50)(H,46,51)(H,47,53)(H,48,52)(H4,38,39,42)(H4,40,41,43)/t26-,27-,28-,29-/m0/s1. The molecule has 0 radical (unpaired) electrons. The summed E-state index contributed by atoms with van der Waals surface area (Å²) in [6.07, 6.45) is 1.09. The summed E-state index contributed by atoms with van der Waals surface area (Å²) in [6, 6.07) is 15.5. The van der Waals surface area contributed by atoms with Gasteiger partial charge in [-0.1, -0.05) is 54.6 Å². The number of phenolic OH excluding ortho intramolecular Hbond substituents is 1. The molecule has 0 saturated heterocycles. The molecule has 53 heavy (non-hydrogen) atoms. The molecular formula is C36H48N12O5. The molecule has 0 unspecified atom stereocenters. The average Bonchev–Trinajstić information content (AvgIpc) is 3.12. The van der Waals surface area contributed by atoms with Crippen LogP contribution >= 0.6 is 0 Å². The van der Waals surface area contributed by atoms with Gasteiger partial charge < -0.3 is 55.0 Å². The molecule has 3 aromatic rings. The minimum atomic E-state index is -1.15. The van der Waals surface area contributed by atoms with E-state index in [2.05, 4.69) is 36.2 Å². The molecule has 4 atom stereocenters. The second kappa shape index (κ2) is 19.3. The minimum Gasteiger partial charge on any atom is -0.508 e. The molecule has 0 aromatic heterocycles. The number of benzene rings is 3. The normalized spacial score (nSPS) is 20.0. The highest BCUT2D eigenvalue weighted by molar-refractivity contribution is 5.97. The summed E-state index contributed by atoms with van der Waals surface area (Å²) in [4.78, 5) is 67.3. The lowest BCUT2D eigenvalue weighted by Crippen LogP contribution is -2.58. The number of rotatable bonds is 12.